The fraction of sp³-hybridized carbons (Fsp3) is 0.158. The highest BCUT2D eigenvalue weighted by Crippen LogP contribution is 2.26. The predicted molar refractivity (Wildman–Crippen MR) is 97.8 cm³/mol. The van der Waals surface area contributed by atoms with Gasteiger partial charge in [0.1, 0.15) is 6.33 Å². The van der Waals surface area contributed by atoms with Crippen molar-refractivity contribution in [3.8, 4) is 11.4 Å². The molecule has 1 aromatic heterocycles. The summed E-state index contributed by atoms with van der Waals surface area (Å²) in [6.07, 6.45) is 3.55. The van der Waals surface area contributed by atoms with Gasteiger partial charge in [0.05, 0.1) is 0 Å². The molecule has 1 aliphatic rings. The van der Waals surface area contributed by atoms with E-state index in [0.29, 0.717) is 23.5 Å². The van der Waals surface area contributed by atoms with E-state index in [2.05, 4.69) is 25.8 Å². The Morgan fingerprint density at radius 3 is 2.88 bits per heavy atom. The van der Waals surface area contributed by atoms with Crippen molar-refractivity contribution in [2.24, 2.45) is 0 Å². The molecular formula is C19H17N5O2. The van der Waals surface area contributed by atoms with E-state index in [9.17, 15) is 9.59 Å². The van der Waals surface area contributed by atoms with Crippen LogP contribution in [-0.4, -0.2) is 27.0 Å². The minimum Gasteiger partial charge on any atom is -0.326 e. The fourth-order valence-corrected chi connectivity index (χ4v) is 3.01. The number of aromatic nitrogens is 3. The second-order valence-electron chi connectivity index (χ2n) is 6.14. The van der Waals surface area contributed by atoms with Gasteiger partial charge in [-0.3, -0.25) is 14.7 Å². The van der Waals surface area contributed by atoms with Gasteiger partial charge < -0.3 is 10.6 Å². The second kappa shape index (κ2) is 6.79. The van der Waals surface area contributed by atoms with Crippen molar-refractivity contribution in [2.75, 3.05) is 10.6 Å². The second-order valence-corrected chi connectivity index (χ2v) is 6.14. The van der Waals surface area contributed by atoms with Crippen molar-refractivity contribution >= 4 is 23.2 Å². The lowest BCUT2D eigenvalue weighted by atomic mass is 10.1. The Hall–Kier alpha value is -3.48. The molecule has 2 aromatic carbocycles. The first-order valence-corrected chi connectivity index (χ1v) is 8.39. The maximum Gasteiger partial charge on any atom is 0.255 e. The van der Waals surface area contributed by atoms with Crippen molar-refractivity contribution in [2.45, 2.75) is 19.3 Å². The maximum atomic E-state index is 12.6. The SMILES string of the molecule is O=C1CCCc2cc(NC(=O)c3cccc(-c4ncn[nH]4)c3)ccc2N1. The van der Waals surface area contributed by atoms with Crippen LogP contribution in [0.25, 0.3) is 11.4 Å². The van der Waals surface area contributed by atoms with E-state index in [-0.39, 0.29) is 11.8 Å². The van der Waals surface area contributed by atoms with Gasteiger partial charge in [-0.25, -0.2) is 4.98 Å². The number of H-pyrrole nitrogens is 1. The summed E-state index contributed by atoms with van der Waals surface area (Å²) in [4.78, 5) is 28.3. The first-order chi connectivity index (χ1) is 12.7. The van der Waals surface area contributed by atoms with Crippen molar-refractivity contribution in [1.82, 2.24) is 15.2 Å². The number of aryl methyl sites for hydroxylation is 1. The zero-order valence-electron chi connectivity index (χ0n) is 14.0. The lowest BCUT2D eigenvalue weighted by molar-refractivity contribution is -0.116. The highest BCUT2D eigenvalue weighted by Gasteiger charge is 2.14. The Balaban J connectivity index is 1.54. The third kappa shape index (κ3) is 3.32. The van der Waals surface area contributed by atoms with Crippen LogP contribution in [0.15, 0.2) is 48.8 Å². The number of carbonyl (C=O) groups is 2. The van der Waals surface area contributed by atoms with E-state index in [1.807, 2.05) is 18.2 Å². The summed E-state index contributed by atoms with van der Waals surface area (Å²) in [5.41, 5.74) is 3.87. The lowest BCUT2D eigenvalue weighted by Crippen LogP contribution is -2.13. The number of benzene rings is 2. The number of nitrogens with zero attached hydrogens (tertiary/aromatic N) is 2. The largest absolute Gasteiger partial charge is 0.326 e. The molecule has 0 spiro atoms. The monoisotopic (exact) mass is 347 g/mol. The molecule has 2 amide bonds. The number of nitrogens with one attached hydrogen (secondary N) is 3. The third-order valence-electron chi connectivity index (χ3n) is 4.30. The minimum absolute atomic E-state index is 0.0322. The van der Waals surface area contributed by atoms with Crippen LogP contribution in [0, 0.1) is 0 Å². The number of rotatable bonds is 3. The molecule has 7 nitrogen and oxygen atoms in total. The van der Waals surface area contributed by atoms with E-state index in [4.69, 9.17) is 0 Å². The maximum absolute atomic E-state index is 12.6. The van der Waals surface area contributed by atoms with E-state index >= 15 is 0 Å². The molecule has 0 radical (unpaired) electrons. The average Bonchev–Trinajstić information content (AvgIpc) is 3.12. The van der Waals surface area contributed by atoms with Crippen molar-refractivity contribution in [1.29, 1.82) is 0 Å². The number of fused-ring (bicyclic) bond motifs is 1. The Kier molecular flexibility index (Phi) is 4.18. The molecule has 0 atom stereocenters. The first-order valence-electron chi connectivity index (χ1n) is 8.39. The molecule has 3 aromatic rings. The van der Waals surface area contributed by atoms with Crippen LogP contribution < -0.4 is 10.6 Å². The standard InChI is InChI=1S/C19H17N5O2/c25-17-6-2-3-12-10-15(7-8-16(12)23-17)22-19(26)14-5-1-4-13(9-14)18-20-11-21-24-18/h1,4-5,7-11H,2-3,6H2,(H,22,26)(H,23,25)(H,20,21,24). The average molecular weight is 347 g/mol. The Labute approximate surface area is 149 Å². The van der Waals surface area contributed by atoms with Crippen molar-refractivity contribution < 1.29 is 9.59 Å². The molecule has 4 rings (SSSR count). The van der Waals surface area contributed by atoms with Gasteiger partial charge in [-0.2, -0.15) is 5.10 Å². The van der Waals surface area contributed by atoms with E-state index < -0.39 is 0 Å². The Morgan fingerprint density at radius 2 is 2.04 bits per heavy atom. The van der Waals surface area contributed by atoms with Gasteiger partial charge in [-0.1, -0.05) is 12.1 Å². The summed E-state index contributed by atoms with van der Waals surface area (Å²) in [5.74, 6) is 0.439. The summed E-state index contributed by atoms with van der Waals surface area (Å²) in [6.45, 7) is 0. The molecule has 0 saturated carbocycles. The summed E-state index contributed by atoms with van der Waals surface area (Å²) >= 11 is 0. The normalized spacial score (nSPS) is 13.5. The van der Waals surface area contributed by atoms with E-state index in [1.165, 1.54) is 6.33 Å². The zero-order chi connectivity index (χ0) is 17.9. The minimum atomic E-state index is -0.205. The van der Waals surface area contributed by atoms with Gasteiger partial charge in [-0.15, -0.1) is 0 Å². The highest BCUT2D eigenvalue weighted by atomic mass is 16.2. The third-order valence-corrected chi connectivity index (χ3v) is 4.30. The highest BCUT2D eigenvalue weighted by molar-refractivity contribution is 6.05. The van der Waals surface area contributed by atoms with Crippen LogP contribution in [0.3, 0.4) is 0 Å². The predicted octanol–water partition coefficient (Wildman–Crippen LogP) is 3.00. The molecule has 1 aliphatic heterocycles. The lowest BCUT2D eigenvalue weighted by Gasteiger charge is -2.11. The quantitative estimate of drug-likeness (QED) is 0.678. The summed E-state index contributed by atoms with van der Waals surface area (Å²) < 4.78 is 0. The molecule has 7 heteroatoms. The van der Waals surface area contributed by atoms with E-state index in [0.717, 1.165) is 29.7 Å². The van der Waals surface area contributed by atoms with E-state index in [1.54, 1.807) is 24.3 Å². The van der Waals surface area contributed by atoms with Crippen molar-refractivity contribution in [3.05, 3.63) is 59.9 Å². The fourth-order valence-electron chi connectivity index (χ4n) is 3.01. The van der Waals surface area contributed by atoms with Crippen LogP contribution >= 0.6 is 0 Å². The number of aromatic amines is 1. The number of carbonyl (C=O) groups excluding carboxylic acids is 2. The molecule has 3 N–H and O–H groups in total. The molecule has 0 saturated heterocycles. The first kappa shape index (κ1) is 16.0. The molecule has 0 bridgehead atoms. The van der Waals surface area contributed by atoms with Gasteiger partial charge in [0, 0.05) is 28.9 Å². The van der Waals surface area contributed by atoms with Gasteiger partial charge in [0.15, 0.2) is 5.82 Å². The topological polar surface area (TPSA) is 99.8 Å². The zero-order valence-corrected chi connectivity index (χ0v) is 14.0. The number of anilines is 2. The van der Waals surface area contributed by atoms with Gasteiger partial charge in [-0.05, 0) is 48.7 Å². The molecule has 2 heterocycles. The molecule has 26 heavy (non-hydrogen) atoms. The molecule has 0 unspecified atom stereocenters. The van der Waals surface area contributed by atoms with Crippen LogP contribution in [0.5, 0.6) is 0 Å². The van der Waals surface area contributed by atoms with Crippen LogP contribution in [0.1, 0.15) is 28.8 Å². The molecule has 0 aliphatic carbocycles. The summed E-state index contributed by atoms with van der Waals surface area (Å²) in [6, 6.07) is 12.7. The van der Waals surface area contributed by atoms with Gasteiger partial charge in [0.25, 0.3) is 5.91 Å². The van der Waals surface area contributed by atoms with Gasteiger partial charge in [0.2, 0.25) is 5.91 Å². The summed E-state index contributed by atoms with van der Waals surface area (Å²) in [7, 11) is 0. The van der Waals surface area contributed by atoms with Crippen LogP contribution in [-0.2, 0) is 11.2 Å². The van der Waals surface area contributed by atoms with Gasteiger partial charge >= 0.3 is 0 Å². The number of hydrogen-bond acceptors (Lipinski definition) is 4. The Morgan fingerprint density at radius 1 is 1.12 bits per heavy atom. The Bertz CT molecular complexity index is 966. The smallest absolute Gasteiger partial charge is 0.255 e. The number of amides is 2. The van der Waals surface area contributed by atoms with Crippen LogP contribution in [0.4, 0.5) is 11.4 Å². The van der Waals surface area contributed by atoms with Crippen molar-refractivity contribution in [3.63, 3.8) is 0 Å². The molecule has 130 valence electrons. The number of hydrogen-bond donors (Lipinski definition) is 3. The van der Waals surface area contributed by atoms with Crippen LogP contribution in [0.2, 0.25) is 0 Å². The molecular weight excluding hydrogens is 330 g/mol. The summed E-state index contributed by atoms with van der Waals surface area (Å²) in [5, 5.41) is 12.4. The molecule has 0 fully saturated rings.